The van der Waals surface area contributed by atoms with Crippen molar-refractivity contribution in [2.75, 3.05) is 21.2 Å². The van der Waals surface area contributed by atoms with E-state index in [4.69, 9.17) is 50.4 Å². The highest BCUT2D eigenvalue weighted by Crippen LogP contribution is 2.48. The third-order valence-electron chi connectivity index (χ3n) is 12.6. The van der Waals surface area contributed by atoms with Gasteiger partial charge in [0.15, 0.2) is 35.9 Å². The van der Waals surface area contributed by atoms with E-state index >= 15 is 0 Å². The minimum Gasteiger partial charge on any atom is -0.458 e. The average molecular weight is 862 g/mol. The van der Waals surface area contributed by atoms with E-state index < -0.39 is 89.0 Å². The van der Waals surface area contributed by atoms with Crippen molar-refractivity contribution in [2.45, 2.75) is 129 Å². The van der Waals surface area contributed by atoms with Crippen molar-refractivity contribution in [2.24, 2.45) is 46.4 Å². The maximum Gasteiger partial charge on any atom is 0.317 e. The number of oxime groups is 1. The number of Topliss-reactive ketones (excluding diaryl/α,β-unsaturated/α-hetero) is 2. The molecule has 3 aliphatic rings. The molecule has 18 heteroatoms. The molecular weight excluding hydrogens is 802 g/mol. The highest BCUT2D eigenvalue weighted by molar-refractivity contribution is 6.30. The molecule has 3 aliphatic heterocycles. The lowest BCUT2D eigenvalue weighted by Crippen LogP contribution is -2.59. The van der Waals surface area contributed by atoms with Crippen LogP contribution in [0.5, 0.6) is 0 Å². The quantitative estimate of drug-likeness (QED) is 0.111. The third kappa shape index (κ3) is 9.55. The SMILES string of the molecule is CC[C@H]1OC(=O)[C@H](C)C(=O)[C@H](C)[C@@H](OC2OC(C)CC(N(C)C)C2O)[C@@](C)(OC)C[C@@H](C)C(=O)[C@H](C)C2C(/C(N)=N\OCc3cc(-c4cc(Cl)ccn4)no3)C(=O)O[C@@]21C. The van der Waals surface area contributed by atoms with Crippen LogP contribution in [0.4, 0.5) is 0 Å². The van der Waals surface area contributed by atoms with Gasteiger partial charge in [-0.2, -0.15) is 0 Å². The first-order valence-corrected chi connectivity index (χ1v) is 20.8. The molecule has 5 heterocycles. The summed E-state index contributed by atoms with van der Waals surface area (Å²) in [6, 6.07) is 4.53. The average Bonchev–Trinajstić information content (AvgIpc) is 3.79. The van der Waals surface area contributed by atoms with Gasteiger partial charge in [0.2, 0.25) is 0 Å². The number of aromatic nitrogens is 2. The van der Waals surface area contributed by atoms with Crippen molar-refractivity contribution in [1.82, 2.24) is 15.0 Å². The summed E-state index contributed by atoms with van der Waals surface area (Å²) in [5.74, 6) is -8.77. The number of hydrogen-bond donors (Lipinski definition) is 2. The van der Waals surface area contributed by atoms with Crippen LogP contribution in [0.3, 0.4) is 0 Å². The van der Waals surface area contributed by atoms with Crippen LogP contribution in [0.15, 0.2) is 34.1 Å². The molecule has 3 fully saturated rings. The number of halogens is 1. The van der Waals surface area contributed by atoms with Crippen LogP contribution in [0.2, 0.25) is 5.02 Å². The summed E-state index contributed by atoms with van der Waals surface area (Å²) in [6.07, 6.45) is -2.48. The monoisotopic (exact) mass is 861 g/mol. The van der Waals surface area contributed by atoms with Gasteiger partial charge in [0.1, 0.15) is 35.5 Å². The predicted molar refractivity (Wildman–Crippen MR) is 217 cm³/mol. The predicted octanol–water partition coefficient (Wildman–Crippen LogP) is 4.35. The molecule has 0 aliphatic carbocycles. The molecule has 0 amide bonds. The normalized spacial score (nSPS) is 37.3. The van der Waals surface area contributed by atoms with Crippen molar-refractivity contribution in [1.29, 1.82) is 0 Å². The Morgan fingerprint density at radius 1 is 1.05 bits per heavy atom. The fourth-order valence-corrected chi connectivity index (χ4v) is 9.38. The molecule has 2 aromatic rings. The Hall–Kier alpha value is -4.00. The number of carbonyl (C=O) groups excluding carboxylic acids is 4. The van der Waals surface area contributed by atoms with Gasteiger partial charge in [0.05, 0.1) is 23.5 Å². The zero-order valence-corrected chi connectivity index (χ0v) is 37.0. The van der Waals surface area contributed by atoms with Gasteiger partial charge in [-0.25, -0.2) is 0 Å². The number of aliphatic hydroxyl groups is 1. The van der Waals surface area contributed by atoms with Crippen LogP contribution >= 0.6 is 11.6 Å². The molecule has 5 rings (SSSR count). The molecule has 14 atom stereocenters. The zero-order chi connectivity index (χ0) is 44.4. The molecule has 2 aromatic heterocycles. The van der Waals surface area contributed by atoms with Crippen LogP contribution in [-0.4, -0.2) is 119 Å². The van der Waals surface area contributed by atoms with Gasteiger partial charge in [0.25, 0.3) is 0 Å². The molecule has 3 saturated heterocycles. The van der Waals surface area contributed by atoms with Crippen LogP contribution in [-0.2, 0) is 54.3 Å². The third-order valence-corrected chi connectivity index (χ3v) is 12.8. The number of pyridine rings is 1. The molecule has 3 N–H and O–H groups in total. The van der Waals surface area contributed by atoms with Crippen molar-refractivity contribution in [3.8, 4) is 11.4 Å². The Labute approximate surface area is 355 Å². The smallest absolute Gasteiger partial charge is 0.317 e. The number of ether oxygens (including phenoxy) is 5. The lowest BCUT2D eigenvalue weighted by atomic mass is 9.67. The number of rotatable bonds is 10. The molecule has 60 heavy (non-hydrogen) atoms. The van der Waals surface area contributed by atoms with E-state index in [-0.39, 0.29) is 49.0 Å². The minimum atomic E-state index is -1.59. The van der Waals surface area contributed by atoms with Crippen molar-refractivity contribution in [3.63, 3.8) is 0 Å². The second-order valence-electron chi connectivity index (χ2n) is 17.1. The lowest BCUT2D eigenvalue weighted by molar-refractivity contribution is -0.295. The fourth-order valence-electron chi connectivity index (χ4n) is 9.22. The number of amidine groups is 1. The lowest BCUT2D eigenvalue weighted by Gasteiger charge is -2.47. The summed E-state index contributed by atoms with van der Waals surface area (Å²) in [5, 5.41) is 20.0. The maximum atomic E-state index is 14.7. The summed E-state index contributed by atoms with van der Waals surface area (Å²) < 4.78 is 36.4. The molecule has 17 nitrogen and oxygen atoms in total. The number of hydrogen-bond acceptors (Lipinski definition) is 16. The van der Waals surface area contributed by atoms with E-state index in [9.17, 15) is 24.3 Å². The Kier molecular flexibility index (Phi) is 14.9. The van der Waals surface area contributed by atoms with Gasteiger partial charge in [0, 0.05) is 54.1 Å². The zero-order valence-electron chi connectivity index (χ0n) is 36.2. The van der Waals surface area contributed by atoms with Crippen LogP contribution in [0, 0.1) is 35.5 Å². The number of nitrogens with zero attached hydrogens (tertiary/aromatic N) is 4. The number of likely N-dealkylation sites (N-methyl/N-ethyl adjacent to an activating group) is 1. The number of carbonyl (C=O) groups is 4. The van der Waals surface area contributed by atoms with Gasteiger partial charge in [-0.15, -0.1) is 0 Å². The standard InChI is InChI=1S/C42H60ClN5O12/c1-12-30-42(8)32(31(39(53)59-42)37(44)47-55-19-26-17-28(46-60-26)27-16-25(43)13-14-45-27)22(4)33(49)20(2)18-41(7,54-11)36(23(5)34(50)24(6)38(52)57-30)58-40-35(51)29(48(9)10)15-21(3)56-40/h13-14,16-17,20-24,29-32,35-36,40,51H,12,15,18-19H2,1-11H3,(H2,44,47)/t20-,21?,22-,23+,24-,29?,30-,31?,32?,35?,36-,40?,41+,42-/m1/s1. The second kappa shape index (κ2) is 18.9. The fraction of sp³-hybridized carbons (Fsp3) is 0.690. The first kappa shape index (κ1) is 47.1. The van der Waals surface area contributed by atoms with E-state index in [1.54, 1.807) is 59.7 Å². The van der Waals surface area contributed by atoms with Crippen molar-refractivity contribution in [3.05, 3.63) is 35.2 Å². The van der Waals surface area contributed by atoms with Gasteiger partial charge >= 0.3 is 11.9 Å². The van der Waals surface area contributed by atoms with E-state index in [0.717, 1.165) is 0 Å². The van der Waals surface area contributed by atoms with Gasteiger partial charge in [-0.05, 0) is 73.2 Å². The number of methoxy groups -OCH3 is 1. The first-order valence-electron chi connectivity index (χ1n) is 20.4. The molecule has 332 valence electrons. The minimum absolute atomic E-state index is 0.0416. The van der Waals surface area contributed by atoms with E-state index in [0.29, 0.717) is 22.8 Å². The topological polar surface area (TPSA) is 224 Å². The largest absolute Gasteiger partial charge is 0.458 e. The van der Waals surface area contributed by atoms with Crippen LogP contribution in [0.25, 0.3) is 11.4 Å². The molecule has 0 bridgehead atoms. The number of cyclic esters (lactones) is 1. The number of ketones is 2. The van der Waals surface area contributed by atoms with Crippen molar-refractivity contribution >= 4 is 40.9 Å². The summed E-state index contributed by atoms with van der Waals surface area (Å²) in [6.45, 7) is 13.2. The molecule has 0 aromatic carbocycles. The number of aliphatic hydroxyl groups excluding tert-OH is 1. The first-order chi connectivity index (χ1) is 28.2. The highest BCUT2D eigenvalue weighted by atomic mass is 35.5. The Morgan fingerprint density at radius 2 is 1.75 bits per heavy atom. The summed E-state index contributed by atoms with van der Waals surface area (Å²) >= 11 is 6.09. The summed E-state index contributed by atoms with van der Waals surface area (Å²) in [7, 11) is 5.15. The van der Waals surface area contributed by atoms with E-state index in [1.165, 1.54) is 20.2 Å². The van der Waals surface area contributed by atoms with E-state index in [2.05, 4.69) is 15.3 Å². The Bertz CT molecular complexity index is 1910. The number of esters is 2. The Balaban J connectivity index is 1.49. The van der Waals surface area contributed by atoms with Gasteiger partial charge in [-0.3, -0.25) is 24.2 Å². The Morgan fingerprint density at radius 3 is 2.38 bits per heavy atom. The highest BCUT2D eigenvalue weighted by Gasteiger charge is 2.62. The number of fused-ring (bicyclic) bond motifs is 1. The van der Waals surface area contributed by atoms with Crippen LogP contribution < -0.4 is 5.73 Å². The van der Waals surface area contributed by atoms with Gasteiger partial charge in [-0.1, -0.05) is 49.6 Å². The molecule has 0 spiro atoms. The molecule has 0 radical (unpaired) electrons. The summed E-state index contributed by atoms with van der Waals surface area (Å²) in [5.41, 5.74) is 4.48. The molecule has 0 saturated carbocycles. The van der Waals surface area contributed by atoms with Crippen molar-refractivity contribution < 1.29 is 57.3 Å². The number of nitrogens with two attached hydrogens (primary N) is 1. The van der Waals surface area contributed by atoms with E-state index in [1.807, 2.05) is 25.9 Å². The maximum absolute atomic E-state index is 14.7. The van der Waals surface area contributed by atoms with Crippen LogP contribution in [0.1, 0.15) is 80.4 Å². The summed E-state index contributed by atoms with van der Waals surface area (Å²) in [4.78, 5) is 68.6. The molecule has 6 unspecified atom stereocenters. The molecular formula is C42H60ClN5O12. The van der Waals surface area contributed by atoms with Gasteiger partial charge < -0.3 is 48.8 Å². The second-order valence-corrected chi connectivity index (χ2v) is 17.6.